The molecule has 4 nitrogen and oxygen atoms in total. The van der Waals surface area contributed by atoms with E-state index in [0.29, 0.717) is 28.9 Å². The molecule has 0 fully saturated rings. The second kappa shape index (κ2) is 8.09. The molecule has 0 spiro atoms. The number of benzene rings is 2. The molecular weight excluding hydrogens is 335 g/mol. The summed E-state index contributed by atoms with van der Waals surface area (Å²) in [6.07, 6.45) is 0. The zero-order valence-electron chi connectivity index (χ0n) is 13.0. The van der Waals surface area contributed by atoms with Crippen LogP contribution in [0.25, 0.3) is 0 Å². The van der Waals surface area contributed by atoms with Crippen molar-refractivity contribution in [1.82, 2.24) is 4.90 Å². The Hall–Kier alpha value is -1.91. The highest BCUT2D eigenvalue weighted by Crippen LogP contribution is 2.25. The van der Waals surface area contributed by atoms with E-state index in [0.717, 1.165) is 11.3 Å². The van der Waals surface area contributed by atoms with Gasteiger partial charge in [-0.1, -0.05) is 35.3 Å². The van der Waals surface area contributed by atoms with Crippen molar-refractivity contribution in [3.63, 3.8) is 0 Å². The Morgan fingerprint density at radius 1 is 1.17 bits per heavy atom. The third-order valence-electron chi connectivity index (χ3n) is 3.17. The van der Waals surface area contributed by atoms with Crippen LogP contribution in [0.1, 0.15) is 12.5 Å². The Kier molecular flexibility index (Phi) is 6.13. The van der Waals surface area contributed by atoms with Crippen molar-refractivity contribution in [2.45, 2.75) is 13.5 Å². The number of ether oxygens (including phenoxy) is 1. The summed E-state index contributed by atoms with van der Waals surface area (Å²) in [5.74, 6) is 0.816. The number of hydrogen-bond donors (Lipinski definition) is 1. The van der Waals surface area contributed by atoms with Gasteiger partial charge >= 0.3 is 6.03 Å². The Morgan fingerprint density at radius 2 is 1.87 bits per heavy atom. The summed E-state index contributed by atoms with van der Waals surface area (Å²) in [7, 11) is 1.72. The number of hydrogen-bond acceptors (Lipinski definition) is 2. The van der Waals surface area contributed by atoms with Gasteiger partial charge in [-0.2, -0.15) is 0 Å². The molecule has 0 radical (unpaired) electrons. The smallest absolute Gasteiger partial charge is 0.321 e. The monoisotopic (exact) mass is 352 g/mol. The Bertz CT molecular complexity index is 675. The van der Waals surface area contributed by atoms with E-state index in [2.05, 4.69) is 5.32 Å². The van der Waals surface area contributed by atoms with Gasteiger partial charge in [0.2, 0.25) is 0 Å². The van der Waals surface area contributed by atoms with Crippen molar-refractivity contribution in [3.05, 3.63) is 58.1 Å². The van der Waals surface area contributed by atoms with Crippen LogP contribution < -0.4 is 10.1 Å². The molecule has 0 unspecified atom stereocenters. The van der Waals surface area contributed by atoms with Crippen LogP contribution in [-0.4, -0.2) is 24.6 Å². The van der Waals surface area contributed by atoms with Crippen LogP contribution in [0.4, 0.5) is 10.5 Å². The number of amides is 2. The fraction of sp³-hybridized carbons (Fsp3) is 0.235. The van der Waals surface area contributed by atoms with Crippen LogP contribution in [0.2, 0.25) is 10.0 Å². The van der Waals surface area contributed by atoms with Gasteiger partial charge in [0.1, 0.15) is 5.75 Å². The molecular formula is C17H18Cl2N2O2. The molecule has 0 aliphatic heterocycles. The first kappa shape index (κ1) is 17.4. The first-order valence-electron chi connectivity index (χ1n) is 7.18. The average molecular weight is 353 g/mol. The van der Waals surface area contributed by atoms with Gasteiger partial charge in [-0.3, -0.25) is 0 Å². The molecule has 6 heteroatoms. The lowest BCUT2D eigenvalue weighted by Crippen LogP contribution is -2.30. The largest absolute Gasteiger partial charge is 0.494 e. The summed E-state index contributed by atoms with van der Waals surface area (Å²) in [5.41, 5.74) is 1.54. The maximum Gasteiger partial charge on any atom is 0.321 e. The Balaban J connectivity index is 1.96. The van der Waals surface area contributed by atoms with E-state index in [1.165, 1.54) is 0 Å². The lowest BCUT2D eigenvalue weighted by atomic mass is 10.2. The highest BCUT2D eigenvalue weighted by Gasteiger charge is 2.11. The third-order valence-corrected chi connectivity index (χ3v) is 3.72. The summed E-state index contributed by atoms with van der Waals surface area (Å²) >= 11 is 11.9. The van der Waals surface area contributed by atoms with Gasteiger partial charge in [-0.25, -0.2) is 4.79 Å². The predicted octanol–water partition coefficient (Wildman–Crippen LogP) is 5.06. The van der Waals surface area contributed by atoms with Gasteiger partial charge in [0.25, 0.3) is 0 Å². The first-order chi connectivity index (χ1) is 11.0. The minimum absolute atomic E-state index is 0.247. The second-order valence-corrected chi connectivity index (χ2v) is 5.83. The molecule has 0 aliphatic rings. The van der Waals surface area contributed by atoms with Crippen molar-refractivity contribution >= 4 is 34.9 Å². The van der Waals surface area contributed by atoms with Crippen molar-refractivity contribution in [2.24, 2.45) is 0 Å². The third kappa shape index (κ3) is 5.05. The molecule has 2 rings (SSSR count). The molecule has 0 aromatic heterocycles. The SMILES string of the molecule is CCOc1ccc(CN(C)C(=O)Nc2ccc(Cl)cc2Cl)cc1. The number of carbonyl (C=O) groups is 1. The lowest BCUT2D eigenvalue weighted by Gasteiger charge is -2.19. The van der Waals surface area contributed by atoms with Crippen LogP contribution >= 0.6 is 23.2 Å². The van der Waals surface area contributed by atoms with Crippen LogP contribution in [0.15, 0.2) is 42.5 Å². The number of nitrogens with one attached hydrogen (secondary N) is 1. The van der Waals surface area contributed by atoms with Crippen LogP contribution in [0.3, 0.4) is 0 Å². The van der Waals surface area contributed by atoms with Gasteiger partial charge in [-0.05, 0) is 42.8 Å². The summed E-state index contributed by atoms with van der Waals surface area (Å²) in [5, 5.41) is 3.69. The van der Waals surface area contributed by atoms with E-state index < -0.39 is 0 Å². The normalized spacial score (nSPS) is 10.3. The average Bonchev–Trinajstić information content (AvgIpc) is 2.52. The topological polar surface area (TPSA) is 41.6 Å². The molecule has 23 heavy (non-hydrogen) atoms. The molecule has 0 aliphatic carbocycles. The number of urea groups is 1. The summed E-state index contributed by atoms with van der Waals surface area (Å²) in [6, 6.07) is 12.3. The van der Waals surface area contributed by atoms with Gasteiger partial charge in [0.15, 0.2) is 0 Å². The quantitative estimate of drug-likeness (QED) is 0.817. The fourth-order valence-electron chi connectivity index (χ4n) is 2.00. The molecule has 0 saturated heterocycles. The van der Waals surface area contributed by atoms with Crippen LogP contribution in [0.5, 0.6) is 5.75 Å². The molecule has 2 aromatic rings. The molecule has 2 amide bonds. The van der Waals surface area contributed by atoms with Crippen LogP contribution in [0, 0.1) is 0 Å². The molecule has 2 aromatic carbocycles. The summed E-state index contributed by atoms with van der Waals surface area (Å²) < 4.78 is 5.40. The van der Waals surface area contributed by atoms with E-state index >= 15 is 0 Å². The van der Waals surface area contributed by atoms with E-state index in [4.69, 9.17) is 27.9 Å². The van der Waals surface area contributed by atoms with E-state index in [-0.39, 0.29) is 6.03 Å². The molecule has 0 bridgehead atoms. The summed E-state index contributed by atoms with van der Waals surface area (Å²) in [6.45, 7) is 3.04. The number of anilines is 1. The highest BCUT2D eigenvalue weighted by atomic mass is 35.5. The first-order valence-corrected chi connectivity index (χ1v) is 7.94. The molecule has 0 heterocycles. The molecule has 122 valence electrons. The predicted molar refractivity (Wildman–Crippen MR) is 94.6 cm³/mol. The van der Waals surface area contributed by atoms with Crippen molar-refractivity contribution < 1.29 is 9.53 Å². The van der Waals surface area contributed by atoms with Gasteiger partial charge in [0, 0.05) is 18.6 Å². The van der Waals surface area contributed by atoms with Crippen molar-refractivity contribution in [2.75, 3.05) is 19.0 Å². The lowest BCUT2D eigenvalue weighted by molar-refractivity contribution is 0.220. The second-order valence-electron chi connectivity index (χ2n) is 4.99. The van der Waals surface area contributed by atoms with E-state index in [1.807, 2.05) is 31.2 Å². The minimum Gasteiger partial charge on any atom is -0.494 e. The van der Waals surface area contributed by atoms with Crippen LogP contribution in [-0.2, 0) is 6.54 Å². The summed E-state index contributed by atoms with van der Waals surface area (Å²) in [4.78, 5) is 13.8. The van der Waals surface area contributed by atoms with Crippen molar-refractivity contribution in [3.8, 4) is 5.75 Å². The Labute approximate surface area is 146 Å². The zero-order valence-corrected chi connectivity index (χ0v) is 14.5. The van der Waals surface area contributed by atoms with Crippen molar-refractivity contribution in [1.29, 1.82) is 0 Å². The Morgan fingerprint density at radius 3 is 2.48 bits per heavy atom. The highest BCUT2D eigenvalue weighted by molar-refractivity contribution is 6.36. The van der Waals surface area contributed by atoms with Gasteiger partial charge in [0.05, 0.1) is 17.3 Å². The number of rotatable bonds is 5. The number of nitrogens with zero attached hydrogens (tertiary/aromatic N) is 1. The molecule has 1 N–H and O–H groups in total. The van der Waals surface area contributed by atoms with E-state index in [1.54, 1.807) is 30.1 Å². The number of halogens is 2. The number of carbonyl (C=O) groups excluding carboxylic acids is 1. The molecule has 0 atom stereocenters. The minimum atomic E-state index is -0.247. The molecule has 0 saturated carbocycles. The zero-order chi connectivity index (χ0) is 16.8. The maximum absolute atomic E-state index is 12.2. The standard InChI is InChI=1S/C17H18Cl2N2O2/c1-3-23-14-7-4-12(5-8-14)11-21(2)17(22)20-16-9-6-13(18)10-15(16)19/h4-10H,3,11H2,1-2H3,(H,20,22). The van der Waals surface area contributed by atoms with E-state index in [9.17, 15) is 4.79 Å². The maximum atomic E-state index is 12.2. The fourth-order valence-corrected chi connectivity index (χ4v) is 2.46. The van der Waals surface area contributed by atoms with Gasteiger partial charge in [-0.15, -0.1) is 0 Å². The van der Waals surface area contributed by atoms with Gasteiger partial charge < -0.3 is 15.0 Å².